The molecule has 1 aromatic carbocycles. The minimum absolute atomic E-state index is 0.134. The van der Waals surface area contributed by atoms with Crippen LogP contribution in [0.4, 0.5) is 5.69 Å². The number of ether oxygens (including phenoxy) is 1. The normalized spacial score (nSPS) is 22.4. The van der Waals surface area contributed by atoms with Gasteiger partial charge < -0.3 is 10.1 Å². The maximum absolute atomic E-state index is 5.88. The number of aryl methyl sites for hydroxylation is 1. The van der Waals surface area contributed by atoms with Crippen LogP contribution in [0.2, 0.25) is 0 Å². The minimum Gasteiger partial charge on any atom is -0.379 e. The second kappa shape index (κ2) is 5.41. The van der Waals surface area contributed by atoms with Gasteiger partial charge in [-0.25, -0.2) is 0 Å². The van der Waals surface area contributed by atoms with Crippen molar-refractivity contribution in [3.8, 4) is 0 Å². The minimum atomic E-state index is 0.134. The van der Waals surface area contributed by atoms with E-state index in [4.69, 9.17) is 4.74 Å². The summed E-state index contributed by atoms with van der Waals surface area (Å²) in [5, 5.41) is 3.57. The Bertz CT molecular complexity index is 541. The van der Waals surface area contributed by atoms with Crippen molar-refractivity contribution >= 4 is 5.69 Å². The first-order chi connectivity index (χ1) is 9.33. The van der Waals surface area contributed by atoms with Gasteiger partial charge in [0.05, 0.1) is 6.04 Å². The molecule has 3 nitrogen and oxygen atoms in total. The zero-order valence-corrected chi connectivity index (χ0v) is 11.0. The highest BCUT2D eigenvalue weighted by atomic mass is 16.5. The van der Waals surface area contributed by atoms with Crippen LogP contribution in [0.5, 0.6) is 0 Å². The van der Waals surface area contributed by atoms with Gasteiger partial charge in [0, 0.05) is 24.2 Å². The maximum atomic E-state index is 5.88. The molecule has 2 unspecified atom stereocenters. The van der Waals surface area contributed by atoms with E-state index in [-0.39, 0.29) is 6.10 Å². The average molecular weight is 254 g/mol. The molecule has 0 radical (unpaired) electrons. The standard InChI is InChI=1S/C16H18N2O/c1-12-11-14(7-9-17-12)18-15-8-10-19-16(15)13-5-3-2-4-6-13/h2-7,9,11,15-16H,8,10H2,1H3,(H,17,18). The van der Waals surface area contributed by atoms with Gasteiger partial charge in [-0.15, -0.1) is 0 Å². The molecule has 19 heavy (non-hydrogen) atoms. The Kier molecular flexibility index (Phi) is 3.47. The highest BCUT2D eigenvalue weighted by Crippen LogP contribution is 2.31. The Morgan fingerprint density at radius 2 is 2.05 bits per heavy atom. The third-order valence-electron chi connectivity index (χ3n) is 3.47. The van der Waals surface area contributed by atoms with Gasteiger partial charge in [-0.2, -0.15) is 0 Å². The Morgan fingerprint density at radius 3 is 2.84 bits per heavy atom. The highest BCUT2D eigenvalue weighted by Gasteiger charge is 2.29. The van der Waals surface area contributed by atoms with E-state index in [1.165, 1.54) is 5.56 Å². The first kappa shape index (κ1) is 12.2. The lowest BCUT2D eigenvalue weighted by molar-refractivity contribution is 0.107. The molecule has 0 spiro atoms. The molecule has 2 heterocycles. The second-order valence-electron chi connectivity index (χ2n) is 4.93. The molecular formula is C16H18N2O. The monoisotopic (exact) mass is 254 g/mol. The Labute approximate surface area is 113 Å². The molecule has 0 amide bonds. The van der Waals surface area contributed by atoms with Crippen LogP contribution >= 0.6 is 0 Å². The summed E-state index contributed by atoms with van der Waals surface area (Å²) < 4.78 is 5.88. The van der Waals surface area contributed by atoms with E-state index < -0.39 is 0 Å². The largest absolute Gasteiger partial charge is 0.379 e. The van der Waals surface area contributed by atoms with Crippen molar-refractivity contribution in [1.82, 2.24) is 4.98 Å². The van der Waals surface area contributed by atoms with Crippen LogP contribution < -0.4 is 5.32 Å². The smallest absolute Gasteiger partial charge is 0.103 e. The van der Waals surface area contributed by atoms with Crippen molar-refractivity contribution < 1.29 is 4.74 Å². The van der Waals surface area contributed by atoms with Gasteiger partial charge in [0.15, 0.2) is 0 Å². The van der Waals surface area contributed by atoms with Crippen molar-refractivity contribution in [1.29, 1.82) is 0 Å². The van der Waals surface area contributed by atoms with Gasteiger partial charge in [0.1, 0.15) is 6.10 Å². The number of nitrogens with one attached hydrogen (secondary N) is 1. The van der Waals surface area contributed by atoms with Crippen LogP contribution in [0.25, 0.3) is 0 Å². The number of rotatable bonds is 3. The number of hydrogen-bond acceptors (Lipinski definition) is 3. The fraction of sp³-hybridized carbons (Fsp3) is 0.312. The van der Waals surface area contributed by atoms with Crippen LogP contribution in [0.15, 0.2) is 48.7 Å². The predicted molar refractivity (Wildman–Crippen MR) is 76.1 cm³/mol. The molecular weight excluding hydrogens is 236 g/mol. The summed E-state index contributed by atoms with van der Waals surface area (Å²) in [6.07, 6.45) is 3.00. The summed E-state index contributed by atoms with van der Waals surface area (Å²) in [5.74, 6) is 0. The molecule has 3 heteroatoms. The number of benzene rings is 1. The number of aromatic nitrogens is 1. The summed E-state index contributed by atoms with van der Waals surface area (Å²) in [6, 6.07) is 14.8. The van der Waals surface area contributed by atoms with E-state index in [9.17, 15) is 0 Å². The Hall–Kier alpha value is -1.87. The van der Waals surface area contributed by atoms with Crippen molar-refractivity contribution in [3.05, 3.63) is 59.9 Å². The van der Waals surface area contributed by atoms with Crippen molar-refractivity contribution in [2.45, 2.75) is 25.5 Å². The van der Waals surface area contributed by atoms with E-state index in [2.05, 4.69) is 40.6 Å². The van der Waals surface area contributed by atoms with Gasteiger partial charge in [0.2, 0.25) is 0 Å². The molecule has 2 atom stereocenters. The van der Waals surface area contributed by atoms with Gasteiger partial charge in [-0.05, 0) is 31.0 Å². The molecule has 1 aromatic heterocycles. The molecule has 2 aromatic rings. The van der Waals surface area contributed by atoms with Crippen LogP contribution in [0.3, 0.4) is 0 Å². The van der Waals surface area contributed by atoms with E-state index in [1.807, 2.05) is 25.3 Å². The third-order valence-corrected chi connectivity index (χ3v) is 3.47. The van der Waals surface area contributed by atoms with Crippen LogP contribution in [0, 0.1) is 6.92 Å². The SMILES string of the molecule is Cc1cc(NC2CCOC2c2ccccc2)ccn1. The first-order valence-electron chi connectivity index (χ1n) is 6.69. The summed E-state index contributed by atoms with van der Waals surface area (Å²) in [5.41, 5.74) is 3.38. The van der Waals surface area contributed by atoms with Crippen molar-refractivity contribution in [2.24, 2.45) is 0 Å². The number of anilines is 1. The zero-order chi connectivity index (χ0) is 13.1. The van der Waals surface area contributed by atoms with E-state index in [1.54, 1.807) is 0 Å². The lowest BCUT2D eigenvalue weighted by Gasteiger charge is -2.21. The zero-order valence-electron chi connectivity index (χ0n) is 11.0. The topological polar surface area (TPSA) is 34.1 Å². The summed E-state index contributed by atoms with van der Waals surface area (Å²) >= 11 is 0. The quantitative estimate of drug-likeness (QED) is 0.912. The summed E-state index contributed by atoms with van der Waals surface area (Å²) in [4.78, 5) is 4.22. The fourth-order valence-corrected chi connectivity index (χ4v) is 2.56. The fourth-order valence-electron chi connectivity index (χ4n) is 2.56. The number of nitrogens with zero attached hydrogens (tertiary/aromatic N) is 1. The van der Waals surface area contributed by atoms with E-state index in [0.717, 1.165) is 24.4 Å². The maximum Gasteiger partial charge on any atom is 0.103 e. The predicted octanol–water partition coefficient (Wildman–Crippen LogP) is 3.33. The summed E-state index contributed by atoms with van der Waals surface area (Å²) in [6.45, 7) is 2.81. The van der Waals surface area contributed by atoms with Gasteiger partial charge in [-0.3, -0.25) is 4.98 Å². The van der Waals surface area contributed by atoms with Gasteiger partial charge in [-0.1, -0.05) is 30.3 Å². The molecule has 1 aliphatic heterocycles. The van der Waals surface area contributed by atoms with Gasteiger partial charge >= 0.3 is 0 Å². The average Bonchev–Trinajstić information content (AvgIpc) is 2.88. The first-order valence-corrected chi connectivity index (χ1v) is 6.69. The molecule has 0 bridgehead atoms. The van der Waals surface area contributed by atoms with Crippen LogP contribution in [-0.4, -0.2) is 17.6 Å². The molecule has 0 aliphatic carbocycles. The third kappa shape index (κ3) is 2.76. The molecule has 1 N–H and O–H groups in total. The van der Waals surface area contributed by atoms with Crippen LogP contribution in [-0.2, 0) is 4.74 Å². The second-order valence-corrected chi connectivity index (χ2v) is 4.93. The Morgan fingerprint density at radius 1 is 1.21 bits per heavy atom. The number of hydrogen-bond donors (Lipinski definition) is 1. The lowest BCUT2D eigenvalue weighted by atomic mass is 10.0. The van der Waals surface area contributed by atoms with Crippen LogP contribution in [0.1, 0.15) is 23.8 Å². The van der Waals surface area contributed by atoms with Crippen molar-refractivity contribution in [2.75, 3.05) is 11.9 Å². The Balaban J connectivity index is 1.77. The molecule has 1 fully saturated rings. The van der Waals surface area contributed by atoms with E-state index in [0.29, 0.717) is 6.04 Å². The molecule has 98 valence electrons. The van der Waals surface area contributed by atoms with Crippen molar-refractivity contribution in [3.63, 3.8) is 0 Å². The highest BCUT2D eigenvalue weighted by molar-refractivity contribution is 5.45. The molecule has 1 saturated heterocycles. The molecule has 3 rings (SSSR count). The lowest BCUT2D eigenvalue weighted by Crippen LogP contribution is -2.23. The van der Waals surface area contributed by atoms with Gasteiger partial charge in [0.25, 0.3) is 0 Å². The molecule has 1 aliphatic rings. The number of pyridine rings is 1. The molecule has 0 saturated carbocycles. The summed E-state index contributed by atoms with van der Waals surface area (Å²) in [7, 11) is 0. The van der Waals surface area contributed by atoms with E-state index >= 15 is 0 Å².